The van der Waals surface area contributed by atoms with E-state index in [-0.39, 0.29) is 43.9 Å². The Morgan fingerprint density at radius 1 is 1.02 bits per heavy atom. The summed E-state index contributed by atoms with van der Waals surface area (Å²) in [5, 5.41) is 20.9. The van der Waals surface area contributed by atoms with E-state index in [0.29, 0.717) is 22.9 Å². The van der Waals surface area contributed by atoms with E-state index in [0.717, 1.165) is 0 Å². The van der Waals surface area contributed by atoms with Crippen molar-refractivity contribution >= 4 is 40.7 Å². The number of ketones is 1. The molecule has 0 spiro atoms. The van der Waals surface area contributed by atoms with Crippen molar-refractivity contribution in [2.75, 3.05) is 27.2 Å². The fourth-order valence-corrected chi connectivity index (χ4v) is 9.91. The molecular weight excluding hydrogens is 791 g/mol. The van der Waals surface area contributed by atoms with Crippen LogP contribution in [-0.2, 0) is 38.0 Å². The number of hydrogen-bond acceptors (Lipinski definition) is 14. The summed E-state index contributed by atoms with van der Waals surface area (Å²) in [4.78, 5) is 76.2. The number of aliphatic hydroxyl groups is 1. The van der Waals surface area contributed by atoms with Crippen molar-refractivity contribution in [3.8, 4) is 0 Å². The van der Waals surface area contributed by atoms with E-state index in [1.165, 1.54) is 0 Å². The molecule has 2 bridgehead atoms. The molecule has 61 heavy (non-hydrogen) atoms. The summed E-state index contributed by atoms with van der Waals surface area (Å²) in [6.07, 6.45) is -5.24. The largest absolute Gasteiger partial charge is 0.458 e. The minimum Gasteiger partial charge on any atom is -0.458 e. The van der Waals surface area contributed by atoms with Gasteiger partial charge in [-0.25, -0.2) is 9.59 Å². The zero-order valence-electron chi connectivity index (χ0n) is 36.8. The Labute approximate surface area is 357 Å². The van der Waals surface area contributed by atoms with Crippen LogP contribution in [0.2, 0.25) is 0 Å². The van der Waals surface area contributed by atoms with Crippen LogP contribution < -0.4 is 16.0 Å². The van der Waals surface area contributed by atoms with Gasteiger partial charge in [-0.05, 0) is 73.2 Å². The summed E-state index contributed by atoms with van der Waals surface area (Å²) in [6, 6.07) is 6.76. The van der Waals surface area contributed by atoms with Crippen molar-refractivity contribution in [3.05, 3.63) is 42.1 Å². The van der Waals surface area contributed by atoms with E-state index in [9.17, 15) is 29.1 Å². The van der Waals surface area contributed by atoms with Gasteiger partial charge < -0.3 is 54.4 Å². The van der Waals surface area contributed by atoms with Gasteiger partial charge in [0.2, 0.25) is 0 Å². The molecule has 0 saturated carbocycles. The molecule has 3 amide bonds. The fourth-order valence-electron chi connectivity index (χ4n) is 9.91. The number of fused-ring (bicyclic) bond motifs is 5. The van der Waals surface area contributed by atoms with Gasteiger partial charge in [-0.2, -0.15) is 0 Å². The molecule has 4 saturated heterocycles. The number of aliphatic hydroxyl groups excluding tert-OH is 1. The zero-order chi connectivity index (χ0) is 44.6. The predicted octanol–water partition coefficient (Wildman–Crippen LogP) is 3.73. The Hall–Kier alpha value is -4.42. The number of alkyl carbamates (subject to hydrolysis) is 2. The van der Waals surface area contributed by atoms with Crippen LogP contribution in [-0.4, -0.2) is 138 Å². The average Bonchev–Trinajstić information content (AvgIpc) is 3.53. The highest BCUT2D eigenvalue weighted by Gasteiger charge is 2.58. The molecule has 336 valence electrons. The van der Waals surface area contributed by atoms with E-state index < -0.39 is 102 Å². The minimum absolute atomic E-state index is 0.0790. The number of amides is 3. The SMILES string of the molecule is CC[C@H]1OC(=O)[C@H](C)[C@H]2OCC(NC(=O)c3ccnc4ccccc34)CNC(=O)O[C@](C)(C[C@@H](C)C(=O)[C@H](C)[C@@H]3NC(=O)O[C@]13C)[C@H](O[C@@H]1O[C@H](C)C[C@H](N(C)C)[C@H]1O)[C@H]2C. The first-order chi connectivity index (χ1) is 28.8. The number of benzene rings is 1. The smallest absolute Gasteiger partial charge is 0.408 e. The van der Waals surface area contributed by atoms with Crippen molar-refractivity contribution in [1.29, 1.82) is 0 Å². The quantitative estimate of drug-likeness (QED) is 0.241. The number of nitrogens with zero attached hydrogens (tertiary/aromatic N) is 2. The second kappa shape index (κ2) is 18.5. The number of nitrogens with one attached hydrogen (secondary N) is 3. The standard InChI is InChI=1S/C44H63N5O12/c1-11-32-44(8)36(48-42(55)61-44)24(4)33(50)22(2)19-43(7)37(59-40-34(51)31(49(9)10)18-23(3)57-40)25(5)35(26(6)39(53)58-32)56-21-27(20-46-41(54)60-43)47-38(52)29-16-17-45-30-15-13-12-14-28(29)30/h12-17,22-27,31-32,34-37,40,51H,11,18-21H2,1-10H3,(H,46,54)(H,47,52)(H,48,55)/t22-,23-,24+,25+,26-,27?,31+,32-,34-,35+,36+,37-,40+,43-,44-/m1/s1. The Morgan fingerprint density at radius 2 is 1.74 bits per heavy atom. The van der Waals surface area contributed by atoms with Crippen molar-refractivity contribution in [1.82, 2.24) is 25.8 Å². The number of Topliss-reactive ketones (excluding diaryl/α,β-unsaturated/α-hetero) is 1. The van der Waals surface area contributed by atoms with Gasteiger partial charge in [0, 0.05) is 41.9 Å². The second-order valence-corrected chi connectivity index (χ2v) is 18.0. The lowest BCUT2D eigenvalue weighted by Gasteiger charge is -2.48. The second-order valence-electron chi connectivity index (χ2n) is 18.0. The molecule has 0 aliphatic carbocycles. The highest BCUT2D eigenvalue weighted by atomic mass is 16.7. The Balaban J connectivity index is 1.45. The maximum Gasteiger partial charge on any atom is 0.408 e. The van der Waals surface area contributed by atoms with Gasteiger partial charge in [-0.15, -0.1) is 0 Å². The molecule has 0 radical (unpaired) electrons. The Kier molecular flexibility index (Phi) is 14.0. The van der Waals surface area contributed by atoms with Crippen LogP contribution in [0.25, 0.3) is 10.9 Å². The van der Waals surface area contributed by atoms with E-state index in [4.69, 9.17) is 28.4 Å². The molecule has 17 nitrogen and oxygen atoms in total. The fraction of sp³-hybridized carbons (Fsp3) is 0.682. The van der Waals surface area contributed by atoms with Crippen LogP contribution >= 0.6 is 0 Å². The van der Waals surface area contributed by atoms with Crippen LogP contribution in [0.3, 0.4) is 0 Å². The maximum atomic E-state index is 14.5. The molecule has 4 aliphatic rings. The zero-order valence-corrected chi connectivity index (χ0v) is 36.8. The van der Waals surface area contributed by atoms with Gasteiger partial charge in [0.15, 0.2) is 11.9 Å². The van der Waals surface area contributed by atoms with Crippen molar-refractivity contribution in [2.45, 2.75) is 141 Å². The van der Waals surface area contributed by atoms with Crippen molar-refractivity contribution in [2.24, 2.45) is 23.7 Å². The number of ether oxygens (including phenoxy) is 6. The van der Waals surface area contributed by atoms with Crippen LogP contribution in [0.15, 0.2) is 36.5 Å². The first-order valence-corrected chi connectivity index (χ1v) is 21.4. The van der Waals surface area contributed by atoms with Gasteiger partial charge in [0.1, 0.15) is 29.7 Å². The lowest BCUT2D eigenvalue weighted by molar-refractivity contribution is -0.299. The average molecular weight is 854 g/mol. The molecule has 17 heteroatoms. The molecule has 1 unspecified atom stereocenters. The monoisotopic (exact) mass is 853 g/mol. The number of pyridine rings is 1. The Bertz CT molecular complexity index is 1950. The summed E-state index contributed by atoms with van der Waals surface area (Å²) < 4.78 is 38.3. The number of carbonyl (C=O) groups is 5. The van der Waals surface area contributed by atoms with Crippen molar-refractivity contribution < 1.29 is 57.5 Å². The van der Waals surface area contributed by atoms with Gasteiger partial charge in [-0.1, -0.05) is 45.9 Å². The van der Waals surface area contributed by atoms with E-state index in [1.807, 2.05) is 38.1 Å². The molecule has 4 N–H and O–H groups in total. The number of aromatic nitrogens is 1. The van der Waals surface area contributed by atoms with Gasteiger partial charge in [0.25, 0.3) is 5.91 Å². The molecule has 2 aromatic rings. The molecule has 5 heterocycles. The van der Waals surface area contributed by atoms with Crippen LogP contribution in [0.5, 0.6) is 0 Å². The van der Waals surface area contributed by atoms with Gasteiger partial charge in [0.05, 0.1) is 47.9 Å². The molecule has 6 rings (SSSR count). The first-order valence-electron chi connectivity index (χ1n) is 21.4. The number of rotatable bonds is 6. The summed E-state index contributed by atoms with van der Waals surface area (Å²) in [5.74, 6) is -4.88. The predicted molar refractivity (Wildman–Crippen MR) is 221 cm³/mol. The topological polar surface area (TPSA) is 213 Å². The third-order valence-electron chi connectivity index (χ3n) is 13.2. The molecule has 4 fully saturated rings. The van der Waals surface area contributed by atoms with Gasteiger partial charge >= 0.3 is 18.2 Å². The Morgan fingerprint density at radius 3 is 2.44 bits per heavy atom. The van der Waals surface area contributed by atoms with E-state index in [1.54, 1.807) is 72.9 Å². The third-order valence-corrected chi connectivity index (χ3v) is 13.2. The van der Waals surface area contributed by atoms with E-state index in [2.05, 4.69) is 20.9 Å². The lowest BCUT2D eigenvalue weighted by Crippen LogP contribution is -2.61. The molecule has 4 aliphatic heterocycles. The molecular formula is C44H63N5O12. The first kappa shape index (κ1) is 46.1. The summed E-state index contributed by atoms with van der Waals surface area (Å²) in [5.41, 5.74) is -2.08. The van der Waals surface area contributed by atoms with E-state index >= 15 is 0 Å². The molecule has 15 atom stereocenters. The highest BCUT2D eigenvalue weighted by molar-refractivity contribution is 6.06. The maximum absolute atomic E-state index is 14.5. The summed E-state index contributed by atoms with van der Waals surface area (Å²) in [6.45, 7) is 13.5. The lowest BCUT2D eigenvalue weighted by atomic mass is 9.73. The summed E-state index contributed by atoms with van der Waals surface area (Å²) >= 11 is 0. The molecule has 1 aromatic heterocycles. The minimum atomic E-state index is -1.64. The number of hydrogen-bond donors (Lipinski definition) is 4. The number of para-hydroxylation sites is 1. The van der Waals surface area contributed by atoms with Crippen LogP contribution in [0.1, 0.15) is 85.0 Å². The molecule has 1 aromatic carbocycles. The normalized spacial score (nSPS) is 39.1. The van der Waals surface area contributed by atoms with Crippen molar-refractivity contribution in [3.63, 3.8) is 0 Å². The number of cyclic esters (lactones) is 1. The van der Waals surface area contributed by atoms with Crippen LogP contribution in [0, 0.1) is 23.7 Å². The number of carbonyl (C=O) groups excluding carboxylic acids is 5. The van der Waals surface area contributed by atoms with Gasteiger partial charge in [-0.3, -0.25) is 19.4 Å². The summed E-state index contributed by atoms with van der Waals surface area (Å²) in [7, 11) is 3.70. The highest BCUT2D eigenvalue weighted by Crippen LogP contribution is 2.42. The third kappa shape index (κ3) is 9.50. The number of esters is 1. The van der Waals surface area contributed by atoms with Crippen LogP contribution in [0.4, 0.5) is 9.59 Å². The number of likely N-dealkylation sites (N-methyl/N-ethyl adjacent to an activating group) is 1.